The molecule has 2 aliphatic rings. The number of nitrogens with zero attached hydrogens (tertiary/aromatic N) is 2. The van der Waals surface area contributed by atoms with E-state index in [-0.39, 0.29) is 18.0 Å². The summed E-state index contributed by atoms with van der Waals surface area (Å²) in [5, 5.41) is 4.20. The lowest BCUT2D eigenvalue weighted by atomic mass is 9.81. The molecule has 1 unspecified atom stereocenters. The molecule has 2 aromatic carbocycles. The van der Waals surface area contributed by atoms with Gasteiger partial charge in [0.1, 0.15) is 5.75 Å². The van der Waals surface area contributed by atoms with Gasteiger partial charge in [-0.2, -0.15) is 12.7 Å². The molecule has 12 heteroatoms. The van der Waals surface area contributed by atoms with Crippen LogP contribution >= 0.6 is 0 Å². The summed E-state index contributed by atoms with van der Waals surface area (Å²) in [7, 11) is 1.97. The molecule has 1 fully saturated rings. The Labute approximate surface area is 266 Å². The van der Waals surface area contributed by atoms with Crippen LogP contribution in [0.2, 0.25) is 0 Å². The molecule has 0 bridgehead atoms. The van der Waals surface area contributed by atoms with Crippen LogP contribution < -0.4 is 14.8 Å². The smallest absolute Gasteiger partial charge is 0.303 e. The number of para-hydroxylation sites is 1. The quantitative estimate of drug-likeness (QED) is 0.211. The summed E-state index contributed by atoms with van der Waals surface area (Å²) in [5.41, 5.74) is 4.59. The highest BCUT2D eigenvalue weighted by atomic mass is 32.2. The molecule has 5 rings (SSSR count). The first-order chi connectivity index (χ1) is 21.8. The van der Waals surface area contributed by atoms with Gasteiger partial charge in [0.15, 0.2) is 6.29 Å². The van der Waals surface area contributed by atoms with E-state index in [1.54, 1.807) is 6.07 Å². The molecule has 1 atom stereocenters. The van der Waals surface area contributed by atoms with Gasteiger partial charge in [-0.15, -0.1) is 0 Å². The van der Waals surface area contributed by atoms with E-state index >= 15 is 0 Å². The number of rotatable bonds is 13. The fourth-order valence-corrected chi connectivity index (χ4v) is 7.27. The Hall–Kier alpha value is -3.00. The van der Waals surface area contributed by atoms with Gasteiger partial charge in [0, 0.05) is 62.3 Å². The average molecular weight is 643 g/mol. The Morgan fingerprint density at radius 3 is 2.60 bits per heavy atom. The minimum atomic E-state index is -4.15. The Balaban J connectivity index is 1.58. The molecule has 1 amide bonds. The summed E-state index contributed by atoms with van der Waals surface area (Å²) >= 11 is 0. The number of amides is 1. The molecule has 0 saturated heterocycles. The van der Waals surface area contributed by atoms with Crippen LogP contribution in [-0.2, 0) is 31.0 Å². The minimum Gasteiger partial charge on any atom is -0.492 e. The maximum Gasteiger partial charge on any atom is 0.303 e. The van der Waals surface area contributed by atoms with Crippen LogP contribution in [0, 0.1) is 5.92 Å². The van der Waals surface area contributed by atoms with Gasteiger partial charge in [-0.05, 0) is 55.6 Å². The molecule has 0 radical (unpaired) electrons. The summed E-state index contributed by atoms with van der Waals surface area (Å²) < 4.78 is 54.3. The average Bonchev–Trinajstić information content (AvgIpc) is 3.35. The highest BCUT2D eigenvalue weighted by Crippen LogP contribution is 2.47. The van der Waals surface area contributed by atoms with Crippen molar-refractivity contribution in [2.45, 2.75) is 50.9 Å². The molecular formula is C33H46N4O7S. The number of likely N-dealkylation sites (N-methyl/N-ethyl adjacent to an activating group) is 2. The molecule has 1 aliphatic heterocycles. The van der Waals surface area contributed by atoms with Crippen molar-refractivity contribution in [1.82, 2.24) is 18.9 Å². The standard InChI is InChI=1S/C33H46N4O7S/c1-34-16-17-43-21-23-19-37-28-18-25(33(38)35-45(39,40)36(2)20-30(41-3)42-4)14-15-26(28)31(24-10-6-5-7-11-24)32(37)27-12-8-9-13-29(27)44-22-23/h8-9,12-15,18,23-24,30,34H,5-7,10-11,16-17,19-22H2,1-4H3,(H,35,38). The fraction of sp³-hybridized carbons (Fsp3) is 0.545. The zero-order valence-corrected chi connectivity index (χ0v) is 27.5. The lowest BCUT2D eigenvalue weighted by Gasteiger charge is -2.28. The summed E-state index contributed by atoms with van der Waals surface area (Å²) in [6.45, 7) is 2.92. The Kier molecular flexibility index (Phi) is 11.2. The largest absolute Gasteiger partial charge is 0.492 e. The lowest BCUT2D eigenvalue weighted by molar-refractivity contribution is -0.106. The van der Waals surface area contributed by atoms with Crippen molar-refractivity contribution < 1.29 is 32.2 Å². The highest BCUT2D eigenvalue weighted by molar-refractivity contribution is 7.87. The van der Waals surface area contributed by atoms with E-state index in [9.17, 15) is 13.2 Å². The molecule has 1 saturated carbocycles. The summed E-state index contributed by atoms with van der Waals surface area (Å²) in [6, 6.07) is 13.7. The minimum absolute atomic E-state index is 0.0600. The van der Waals surface area contributed by atoms with E-state index in [2.05, 4.69) is 20.7 Å². The first-order valence-electron chi connectivity index (χ1n) is 15.7. The van der Waals surface area contributed by atoms with Gasteiger partial charge in [0.25, 0.3) is 5.91 Å². The molecule has 3 aromatic rings. The van der Waals surface area contributed by atoms with Gasteiger partial charge >= 0.3 is 10.2 Å². The molecular weight excluding hydrogens is 596 g/mol. The van der Waals surface area contributed by atoms with Gasteiger partial charge in [-0.1, -0.05) is 37.5 Å². The SMILES string of the molecule is CNCCOCC1COc2ccccc2-c2c(C3CCCCC3)c3ccc(C(=O)NS(=O)(=O)N(C)CC(OC)OC)cc3n2C1. The van der Waals surface area contributed by atoms with Gasteiger partial charge in [0.2, 0.25) is 0 Å². The second-order valence-electron chi connectivity index (χ2n) is 11.9. The second-order valence-corrected chi connectivity index (χ2v) is 13.7. The van der Waals surface area contributed by atoms with Crippen LogP contribution in [0.4, 0.5) is 0 Å². The van der Waals surface area contributed by atoms with Crippen LogP contribution in [0.25, 0.3) is 22.2 Å². The van der Waals surface area contributed by atoms with E-state index in [4.69, 9.17) is 18.9 Å². The van der Waals surface area contributed by atoms with Crippen molar-refractivity contribution in [2.75, 3.05) is 61.2 Å². The number of hydrogen-bond donors (Lipinski definition) is 2. The molecule has 1 aliphatic carbocycles. The van der Waals surface area contributed by atoms with Gasteiger partial charge in [-0.3, -0.25) is 4.79 Å². The number of carbonyl (C=O) groups excluding carboxylic acids is 1. The van der Waals surface area contributed by atoms with Crippen molar-refractivity contribution in [2.24, 2.45) is 5.92 Å². The van der Waals surface area contributed by atoms with Crippen molar-refractivity contribution in [3.63, 3.8) is 0 Å². The zero-order chi connectivity index (χ0) is 32.0. The van der Waals surface area contributed by atoms with Crippen LogP contribution in [0.3, 0.4) is 0 Å². The molecule has 2 N–H and O–H groups in total. The summed E-state index contributed by atoms with van der Waals surface area (Å²) in [5.74, 6) is 0.561. The number of benzene rings is 2. The lowest BCUT2D eigenvalue weighted by Crippen LogP contribution is -2.45. The van der Waals surface area contributed by atoms with Crippen molar-refractivity contribution in [3.05, 3.63) is 53.6 Å². The number of aromatic nitrogens is 1. The maximum atomic E-state index is 13.5. The normalized spacial score (nSPS) is 17.5. The number of hydrogen-bond acceptors (Lipinski definition) is 8. The first kappa shape index (κ1) is 33.4. The van der Waals surface area contributed by atoms with Crippen LogP contribution in [0.5, 0.6) is 5.75 Å². The summed E-state index contributed by atoms with van der Waals surface area (Å²) in [6.07, 6.45) is 5.02. The topological polar surface area (TPSA) is 120 Å². The van der Waals surface area contributed by atoms with Gasteiger partial charge in [-0.25, -0.2) is 4.72 Å². The van der Waals surface area contributed by atoms with Crippen LogP contribution in [0.1, 0.15) is 53.9 Å². The van der Waals surface area contributed by atoms with E-state index in [0.717, 1.165) is 51.6 Å². The predicted octanol–water partition coefficient (Wildman–Crippen LogP) is 4.13. The third-order valence-electron chi connectivity index (χ3n) is 8.85. The Morgan fingerprint density at radius 1 is 1.11 bits per heavy atom. The number of ether oxygens (including phenoxy) is 4. The molecule has 246 valence electrons. The summed E-state index contributed by atoms with van der Waals surface area (Å²) in [4.78, 5) is 13.5. The number of methoxy groups -OCH3 is 2. The van der Waals surface area contributed by atoms with Crippen LogP contribution in [0.15, 0.2) is 42.5 Å². The number of fused-ring (bicyclic) bond motifs is 5. The van der Waals surface area contributed by atoms with Crippen LogP contribution in [-0.4, -0.2) is 90.7 Å². The molecule has 0 spiro atoms. The predicted molar refractivity (Wildman–Crippen MR) is 174 cm³/mol. The number of nitrogens with one attached hydrogen (secondary N) is 2. The Bertz CT molecular complexity index is 1560. The molecule has 45 heavy (non-hydrogen) atoms. The second kappa shape index (κ2) is 15.1. The van der Waals surface area contributed by atoms with E-state index in [0.29, 0.717) is 32.3 Å². The molecule has 11 nitrogen and oxygen atoms in total. The van der Waals surface area contributed by atoms with Crippen molar-refractivity contribution in [3.8, 4) is 17.0 Å². The number of carbonyl (C=O) groups is 1. The third kappa shape index (κ3) is 7.53. The van der Waals surface area contributed by atoms with Crippen molar-refractivity contribution in [1.29, 1.82) is 0 Å². The van der Waals surface area contributed by atoms with Gasteiger partial charge < -0.3 is 28.8 Å². The molecule has 1 aromatic heterocycles. The fourth-order valence-electron chi connectivity index (χ4n) is 6.44. The van der Waals surface area contributed by atoms with Crippen molar-refractivity contribution >= 4 is 27.0 Å². The van der Waals surface area contributed by atoms with E-state index in [1.807, 2.05) is 37.4 Å². The first-order valence-corrected chi connectivity index (χ1v) is 17.2. The monoisotopic (exact) mass is 642 g/mol. The van der Waals surface area contributed by atoms with E-state index < -0.39 is 22.4 Å². The van der Waals surface area contributed by atoms with Gasteiger partial charge in [0.05, 0.1) is 32.1 Å². The molecule has 2 heterocycles. The Morgan fingerprint density at radius 2 is 1.87 bits per heavy atom. The maximum absolute atomic E-state index is 13.5. The highest BCUT2D eigenvalue weighted by Gasteiger charge is 2.31. The third-order valence-corrected chi connectivity index (χ3v) is 10.3. The van der Waals surface area contributed by atoms with E-state index in [1.165, 1.54) is 46.1 Å². The zero-order valence-electron chi connectivity index (χ0n) is 26.7.